The molecule has 0 saturated heterocycles. The van der Waals surface area contributed by atoms with Crippen molar-refractivity contribution < 1.29 is 4.74 Å². The summed E-state index contributed by atoms with van der Waals surface area (Å²) in [5, 5.41) is 0. The van der Waals surface area contributed by atoms with E-state index in [9.17, 15) is 0 Å². The van der Waals surface area contributed by atoms with Gasteiger partial charge in [-0.3, -0.25) is 0 Å². The van der Waals surface area contributed by atoms with E-state index in [0.29, 0.717) is 0 Å². The van der Waals surface area contributed by atoms with Crippen LogP contribution in [0.1, 0.15) is 117 Å². The van der Waals surface area contributed by atoms with Crippen molar-refractivity contribution in [1.29, 1.82) is 0 Å². The molecular formula is C20H41O. The van der Waals surface area contributed by atoms with Gasteiger partial charge in [-0.05, 0) is 12.8 Å². The summed E-state index contributed by atoms with van der Waals surface area (Å²) >= 11 is 0. The zero-order valence-corrected chi connectivity index (χ0v) is 15.0. The summed E-state index contributed by atoms with van der Waals surface area (Å²) in [7, 11) is 0. The van der Waals surface area contributed by atoms with Gasteiger partial charge in [-0.25, -0.2) is 0 Å². The predicted molar refractivity (Wildman–Crippen MR) is 95.5 cm³/mol. The van der Waals surface area contributed by atoms with Crippen molar-refractivity contribution in [2.45, 2.75) is 117 Å². The van der Waals surface area contributed by atoms with Crippen molar-refractivity contribution >= 4 is 0 Å². The first-order valence-corrected chi connectivity index (χ1v) is 9.85. The van der Waals surface area contributed by atoms with Crippen LogP contribution in [0, 0.1) is 6.61 Å². The Morgan fingerprint density at radius 1 is 0.524 bits per heavy atom. The smallest absolute Gasteiger partial charge is 0.0836 e. The number of hydrogen-bond donors (Lipinski definition) is 0. The van der Waals surface area contributed by atoms with Crippen molar-refractivity contribution in [1.82, 2.24) is 0 Å². The molecule has 21 heavy (non-hydrogen) atoms. The maximum Gasteiger partial charge on any atom is 0.0836 e. The number of hydrogen-bond acceptors (Lipinski definition) is 1. The Morgan fingerprint density at radius 2 is 0.952 bits per heavy atom. The van der Waals surface area contributed by atoms with Crippen LogP contribution in [0.2, 0.25) is 0 Å². The summed E-state index contributed by atoms with van der Waals surface area (Å²) in [6, 6.07) is 0. The Kier molecular flexibility index (Phi) is 19.9. The Bertz CT molecular complexity index is 149. The Labute approximate surface area is 135 Å². The van der Waals surface area contributed by atoms with E-state index in [2.05, 4.69) is 13.8 Å². The molecule has 1 radical (unpaired) electrons. The highest BCUT2D eigenvalue weighted by molar-refractivity contribution is 4.53. The number of ether oxygens (including phenoxy) is 1. The highest BCUT2D eigenvalue weighted by atomic mass is 16.5. The molecule has 0 amide bonds. The van der Waals surface area contributed by atoms with Gasteiger partial charge >= 0.3 is 0 Å². The third kappa shape index (κ3) is 20.0. The number of unbranched alkanes of at least 4 members (excludes halogenated alkanes) is 14. The Hall–Kier alpha value is -0.0400. The predicted octanol–water partition coefficient (Wildman–Crippen LogP) is 7.45. The van der Waals surface area contributed by atoms with Crippen LogP contribution in [0.3, 0.4) is 0 Å². The van der Waals surface area contributed by atoms with Gasteiger partial charge in [0.25, 0.3) is 0 Å². The first kappa shape index (κ1) is 21.0. The molecule has 127 valence electrons. The van der Waals surface area contributed by atoms with E-state index in [-0.39, 0.29) is 0 Å². The number of rotatable bonds is 18. The lowest BCUT2D eigenvalue weighted by atomic mass is 10.0. The third-order valence-electron chi connectivity index (χ3n) is 4.16. The summed E-state index contributed by atoms with van der Waals surface area (Å²) in [6.07, 6.45) is 22.0. The van der Waals surface area contributed by atoms with E-state index < -0.39 is 0 Å². The monoisotopic (exact) mass is 297 g/mol. The van der Waals surface area contributed by atoms with Crippen molar-refractivity contribution in [3.8, 4) is 0 Å². The summed E-state index contributed by atoms with van der Waals surface area (Å²) in [6.45, 7) is 7.48. The molecule has 0 unspecified atom stereocenters. The molecule has 1 nitrogen and oxygen atoms in total. The second-order valence-corrected chi connectivity index (χ2v) is 6.42. The van der Waals surface area contributed by atoms with E-state index in [4.69, 9.17) is 4.74 Å². The van der Waals surface area contributed by atoms with Crippen LogP contribution in [-0.4, -0.2) is 6.61 Å². The second-order valence-electron chi connectivity index (χ2n) is 6.42. The van der Waals surface area contributed by atoms with Gasteiger partial charge in [-0.2, -0.15) is 0 Å². The molecule has 0 saturated carbocycles. The van der Waals surface area contributed by atoms with Crippen molar-refractivity contribution in [2.75, 3.05) is 6.61 Å². The molecule has 0 heterocycles. The van der Waals surface area contributed by atoms with E-state index >= 15 is 0 Å². The third-order valence-corrected chi connectivity index (χ3v) is 4.16. The molecule has 0 bridgehead atoms. The fourth-order valence-corrected chi connectivity index (χ4v) is 2.67. The van der Waals surface area contributed by atoms with Crippen LogP contribution < -0.4 is 0 Å². The van der Waals surface area contributed by atoms with Gasteiger partial charge in [-0.1, -0.05) is 104 Å². The lowest BCUT2D eigenvalue weighted by Gasteiger charge is -2.04. The lowest BCUT2D eigenvalue weighted by molar-refractivity contribution is 0.184. The van der Waals surface area contributed by atoms with Crippen LogP contribution in [-0.2, 0) is 4.74 Å². The minimum atomic E-state index is 0.923. The summed E-state index contributed by atoms with van der Waals surface area (Å²) in [5.74, 6) is 0. The summed E-state index contributed by atoms with van der Waals surface area (Å²) < 4.78 is 5.51. The van der Waals surface area contributed by atoms with Gasteiger partial charge < -0.3 is 4.74 Å². The fourth-order valence-electron chi connectivity index (χ4n) is 2.67. The first-order valence-electron chi connectivity index (χ1n) is 9.85. The first-order chi connectivity index (χ1) is 10.4. The van der Waals surface area contributed by atoms with Gasteiger partial charge in [0.15, 0.2) is 0 Å². The Morgan fingerprint density at radius 3 is 1.48 bits per heavy atom. The molecule has 0 aromatic carbocycles. The SMILES string of the molecule is CCCCCCCCCCCCCC[CH]OCCCCC. The highest BCUT2D eigenvalue weighted by Gasteiger charge is 1.94. The van der Waals surface area contributed by atoms with Gasteiger partial charge in [-0.15, -0.1) is 0 Å². The summed E-state index contributed by atoms with van der Waals surface area (Å²) in [5.41, 5.74) is 0. The largest absolute Gasteiger partial charge is 0.376 e. The molecule has 0 aromatic heterocycles. The average Bonchev–Trinajstić information content (AvgIpc) is 2.50. The second kappa shape index (κ2) is 20.0. The molecule has 0 aliphatic carbocycles. The van der Waals surface area contributed by atoms with Crippen molar-refractivity contribution in [3.05, 3.63) is 6.61 Å². The molecule has 0 aliphatic heterocycles. The Balaban J connectivity index is 2.90. The minimum absolute atomic E-state index is 0.923. The highest BCUT2D eigenvalue weighted by Crippen LogP contribution is 2.12. The van der Waals surface area contributed by atoms with Crippen LogP contribution in [0.15, 0.2) is 0 Å². The normalized spacial score (nSPS) is 11.1. The molecule has 1 heteroatoms. The molecule has 0 N–H and O–H groups in total. The molecule has 0 aromatic rings. The van der Waals surface area contributed by atoms with Crippen LogP contribution >= 0.6 is 0 Å². The zero-order chi connectivity index (χ0) is 15.4. The van der Waals surface area contributed by atoms with Gasteiger partial charge in [0.2, 0.25) is 0 Å². The minimum Gasteiger partial charge on any atom is -0.376 e. The topological polar surface area (TPSA) is 9.23 Å². The fraction of sp³-hybridized carbons (Fsp3) is 0.950. The maximum atomic E-state index is 5.51. The van der Waals surface area contributed by atoms with E-state index in [1.165, 1.54) is 96.3 Å². The maximum absolute atomic E-state index is 5.51. The van der Waals surface area contributed by atoms with Crippen molar-refractivity contribution in [2.24, 2.45) is 0 Å². The lowest BCUT2D eigenvalue weighted by Crippen LogP contribution is -1.92. The van der Waals surface area contributed by atoms with E-state index in [1.54, 1.807) is 0 Å². The molecular weight excluding hydrogens is 256 g/mol. The molecule has 0 rings (SSSR count). The van der Waals surface area contributed by atoms with E-state index in [0.717, 1.165) is 13.0 Å². The molecule has 0 aliphatic rings. The van der Waals surface area contributed by atoms with Crippen LogP contribution in [0.25, 0.3) is 0 Å². The van der Waals surface area contributed by atoms with Crippen LogP contribution in [0.5, 0.6) is 0 Å². The van der Waals surface area contributed by atoms with Gasteiger partial charge in [0, 0.05) is 6.61 Å². The van der Waals surface area contributed by atoms with Crippen molar-refractivity contribution in [3.63, 3.8) is 0 Å². The average molecular weight is 298 g/mol. The molecule has 0 spiro atoms. The van der Waals surface area contributed by atoms with Gasteiger partial charge in [0.1, 0.15) is 0 Å². The summed E-state index contributed by atoms with van der Waals surface area (Å²) in [4.78, 5) is 0. The van der Waals surface area contributed by atoms with Crippen LogP contribution in [0.4, 0.5) is 0 Å². The van der Waals surface area contributed by atoms with Gasteiger partial charge in [0.05, 0.1) is 6.61 Å². The molecule has 0 fully saturated rings. The van der Waals surface area contributed by atoms with E-state index in [1.807, 2.05) is 6.61 Å². The molecule has 0 atom stereocenters. The quantitative estimate of drug-likeness (QED) is 0.239. The zero-order valence-electron chi connectivity index (χ0n) is 15.0. The standard InChI is InChI=1S/C20H41O/c1-3-5-7-8-9-10-11-12-13-14-15-16-18-20-21-19-17-6-4-2/h20H,3-19H2,1-2H3.